The number of esters is 1. The van der Waals surface area contributed by atoms with Gasteiger partial charge < -0.3 is 23.7 Å². The van der Waals surface area contributed by atoms with E-state index in [-0.39, 0.29) is 30.2 Å². The molecule has 2 heterocycles. The molecule has 2 saturated heterocycles. The van der Waals surface area contributed by atoms with Gasteiger partial charge in [-0.3, -0.25) is 4.79 Å². The molecule has 0 N–H and O–H groups in total. The van der Waals surface area contributed by atoms with Gasteiger partial charge in [0.15, 0.2) is 0 Å². The van der Waals surface area contributed by atoms with Crippen molar-refractivity contribution in [3.05, 3.63) is 59.7 Å². The Kier molecular flexibility index (Phi) is 7.89. The maximum atomic E-state index is 12.7. The van der Waals surface area contributed by atoms with E-state index in [1.54, 1.807) is 0 Å². The Hall–Kier alpha value is -2.57. The standard InChI is InChI=1S/C29H36O6/c1-2-20(21-3-9-24(10-4-21)31-16-27-18-33-27)15-29(30)35-26-13-7-23(8-14-26)22-5-11-25(12-6-22)32-17-28-19-34-28/h3-6,9-12,20,23,26-28H,2,7-8,13-19H2,1H3. The number of benzene rings is 2. The molecule has 0 amide bonds. The number of ether oxygens (including phenoxy) is 5. The van der Waals surface area contributed by atoms with Crippen molar-refractivity contribution in [2.75, 3.05) is 26.4 Å². The Morgan fingerprint density at radius 3 is 1.91 bits per heavy atom. The fourth-order valence-electron chi connectivity index (χ4n) is 4.83. The molecule has 3 atom stereocenters. The van der Waals surface area contributed by atoms with Crippen LogP contribution in [0.15, 0.2) is 48.5 Å². The number of hydrogen-bond donors (Lipinski definition) is 0. The average Bonchev–Trinajstić information content (AvgIpc) is 3.82. The van der Waals surface area contributed by atoms with E-state index in [0.29, 0.717) is 25.6 Å². The molecule has 0 bridgehead atoms. The molecule has 3 fully saturated rings. The molecule has 6 nitrogen and oxygen atoms in total. The van der Waals surface area contributed by atoms with Crippen molar-refractivity contribution in [1.82, 2.24) is 0 Å². The van der Waals surface area contributed by atoms with Crippen molar-refractivity contribution in [3.8, 4) is 11.5 Å². The van der Waals surface area contributed by atoms with Gasteiger partial charge in [0.2, 0.25) is 0 Å². The van der Waals surface area contributed by atoms with Crippen molar-refractivity contribution in [1.29, 1.82) is 0 Å². The van der Waals surface area contributed by atoms with Crippen LogP contribution in [0.4, 0.5) is 0 Å². The minimum absolute atomic E-state index is 0.0258. The summed E-state index contributed by atoms with van der Waals surface area (Å²) in [5.74, 6) is 2.32. The van der Waals surface area contributed by atoms with E-state index in [1.807, 2.05) is 12.1 Å². The van der Waals surface area contributed by atoms with Crippen LogP contribution in [0.5, 0.6) is 11.5 Å². The van der Waals surface area contributed by atoms with Gasteiger partial charge in [-0.15, -0.1) is 0 Å². The lowest BCUT2D eigenvalue weighted by Crippen LogP contribution is -2.24. The second-order valence-electron chi connectivity index (χ2n) is 9.94. The molecule has 2 aromatic carbocycles. The Morgan fingerprint density at radius 1 is 0.857 bits per heavy atom. The summed E-state index contributed by atoms with van der Waals surface area (Å²) in [5, 5.41) is 0. The first kappa shape index (κ1) is 24.1. The van der Waals surface area contributed by atoms with E-state index in [1.165, 1.54) is 5.56 Å². The third-order valence-electron chi connectivity index (χ3n) is 7.26. The highest BCUT2D eigenvalue weighted by Crippen LogP contribution is 2.35. The van der Waals surface area contributed by atoms with Gasteiger partial charge in [-0.25, -0.2) is 0 Å². The summed E-state index contributed by atoms with van der Waals surface area (Å²) >= 11 is 0. The predicted octanol–water partition coefficient (Wildman–Crippen LogP) is 5.40. The number of hydrogen-bond acceptors (Lipinski definition) is 6. The van der Waals surface area contributed by atoms with Crippen LogP contribution in [0, 0.1) is 0 Å². The van der Waals surface area contributed by atoms with Crippen LogP contribution in [0.1, 0.15) is 68.4 Å². The Bertz CT molecular complexity index is 940. The van der Waals surface area contributed by atoms with E-state index in [9.17, 15) is 4.79 Å². The summed E-state index contributed by atoms with van der Waals surface area (Å²) in [4.78, 5) is 12.7. The van der Waals surface area contributed by atoms with Gasteiger partial charge in [0.25, 0.3) is 0 Å². The highest BCUT2D eigenvalue weighted by molar-refractivity contribution is 5.70. The van der Waals surface area contributed by atoms with Gasteiger partial charge in [0.1, 0.15) is 43.0 Å². The highest BCUT2D eigenvalue weighted by Gasteiger charge is 2.27. The molecule has 0 spiro atoms. The molecule has 1 aliphatic carbocycles. The van der Waals surface area contributed by atoms with Gasteiger partial charge >= 0.3 is 5.97 Å². The second-order valence-corrected chi connectivity index (χ2v) is 9.94. The zero-order valence-electron chi connectivity index (χ0n) is 20.5. The van der Waals surface area contributed by atoms with E-state index in [0.717, 1.165) is 62.4 Å². The summed E-state index contributed by atoms with van der Waals surface area (Å²) < 4.78 is 27.7. The maximum Gasteiger partial charge on any atom is 0.306 e. The first-order valence-electron chi connectivity index (χ1n) is 13.0. The quantitative estimate of drug-likeness (QED) is 0.299. The molecule has 6 heteroatoms. The molecular weight excluding hydrogens is 444 g/mol. The smallest absolute Gasteiger partial charge is 0.306 e. The molecule has 0 radical (unpaired) electrons. The van der Waals surface area contributed by atoms with Gasteiger partial charge in [-0.1, -0.05) is 31.2 Å². The lowest BCUT2D eigenvalue weighted by atomic mass is 9.82. The third-order valence-corrected chi connectivity index (χ3v) is 7.26. The van der Waals surface area contributed by atoms with E-state index >= 15 is 0 Å². The molecule has 0 aromatic heterocycles. The van der Waals surface area contributed by atoms with Crippen LogP contribution >= 0.6 is 0 Å². The SMILES string of the molecule is CCC(CC(=O)OC1CCC(c2ccc(OCC3CO3)cc2)CC1)c1ccc(OCC2CO2)cc1. The van der Waals surface area contributed by atoms with Gasteiger partial charge in [-0.05, 0) is 79.3 Å². The summed E-state index contributed by atoms with van der Waals surface area (Å²) in [7, 11) is 0. The van der Waals surface area contributed by atoms with Crippen molar-refractivity contribution in [2.24, 2.45) is 0 Å². The summed E-state index contributed by atoms with van der Waals surface area (Å²) in [6.45, 7) is 4.95. The van der Waals surface area contributed by atoms with Gasteiger partial charge in [-0.2, -0.15) is 0 Å². The van der Waals surface area contributed by atoms with Crippen LogP contribution < -0.4 is 9.47 Å². The minimum atomic E-state index is -0.0901. The van der Waals surface area contributed by atoms with Crippen LogP contribution in [-0.4, -0.2) is 50.7 Å². The largest absolute Gasteiger partial charge is 0.491 e. The van der Waals surface area contributed by atoms with Gasteiger partial charge in [0.05, 0.1) is 19.6 Å². The molecule has 2 aromatic rings. The van der Waals surface area contributed by atoms with Crippen molar-refractivity contribution >= 4 is 5.97 Å². The third kappa shape index (κ3) is 7.21. The highest BCUT2D eigenvalue weighted by atomic mass is 16.6. The van der Waals surface area contributed by atoms with Crippen molar-refractivity contribution in [3.63, 3.8) is 0 Å². The molecular formula is C29H36O6. The van der Waals surface area contributed by atoms with E-state index in [2.05, 4.69) is 43.3 Å². The van der Waals surface area contributed by atoms with Crippen LogP contribution in [0.3, 0.4) is 0 Å². The number of carbonyl (C=O) groups is 1. The summed E-state index contributed by atoms with van der Waals surface area (Å²) in [6.07, 6.45) is 5.77. The normalized spacial score (nSPS) is 26.0. The molecule has 2 aliphatic heterocycles. The molecule has 35 heavy (non-hydrogen) atoms. The minimum Gasteiger partial charge on any atom is -0.491 e. The van der Waals surface area contributed by atoms with Crippen LogP contribution in [-0.2, 0) is 19.0 Å². The Labute approximate surface area is 207 Å². The molecule has 1 saturated carbocycles. The Balaban J connectivity index is 1.04. The average molecular weight is 481 g/mol. The van der Waals surface area contributed by atoms with Crippen LogP contribution in [0.2, 0.25) is 0 Å². The number of carbonyl (C=O) groups excluding carboxylic acids is 1. The van der Waals surface area contributed by atoms with Crippen molar-refractivity contribution < 1.29 is 28.5 Å². The Morgan fingerprint density at radius 2 is 1.40 bits per heavy atom. The van der Waals surface area contributed by atoms with E-state index < -0.39 is 0 Å². The maximum absolute atomic E-state index is 12.7. The summed E-state index contributed by atoms with van der Waals surface area (Å²) in [5.41, 5.74) is 2.49. The van der Waals surface area contributed by atoms with Crippen molar-refractivity contribution in [2.45, 2.75) is 75.6 Å². The monoisotopic (exact) mass is 480 g/mol. The number of rotatable bonds is 12. The number of epoxide rings is 2. The summed E-state index contributed by atoms with van der Waals surface area (Å²) in [6, 6.07) is 16.5. The predicted molar refractivity (Wildman–Crippen MR) is 132 cm³/mol. The molecule has 188 valence electrons. The molecule has 3 unspecified atom stereocenters. The molecule has 5 rings (SSSR count). The lowest BCUT2D eigenvalue weighted by molar-refractivity contribution is -0.151. The fraction of sp³-hybridized carbons (Fsp3) is 0.552. The lowest BCUT2D eigenvalue weighted by Gasteiger charge is -2.29. The van der Waals surface area contributed by atoms with E-state index in [4.69, 9.17) is 23.7 Å². The van der Waals surface area contributed by atoms with Crippen LogP contribution in [0.25, 0.3) is 0 Å². The molecule has 3 aliphatic rings. The van der Waals surface area contributed by atoms with Gasteiger partial charge in [0, 0.05) is 0 Å². The second kappa shape index (κ2) is 11.4. The first-order chi connectivity index (χ1) is 17.2. The zero-order chi connectivity index (χ0) is 24.0. The fourth-order valence-corrected chi connectivity index (χ4v) is 4.83. The topological polar surface area (TPSA) is 69.8 Å². The zero-order valence-corrected chi connectivity index (χ0v) is 20.5. The first-order valence-corrected chi connectivity index (χ1v) is 13.0.